The number of aryl methyl sites for hydroxylation is 2. The van der Waals surface area contributed by atoms with Crippen molar-refractivity contribution in [2.24, 2.45) is 0 Å². The van der Waals surface area contributed by atoms with Crippen molar-refractivity contribution in [3.8, 4) is 0 Å². The van der Waals surface area contributed by atoms with Crippen LogP contribution in [0, 0.1) is 17.0 Å². The van der Waals surface area contributed by atoms with Crippen molar-refractivity contribution in [2.45, 2.75) is 31.0 Å². The molecule has 2 heterocycles. The van der Waals surface area contributed by atoms with Crippen LogP contribution in [-0.2, 0) is 27.5 Å². The van der Waals surface area contributed by atoms with Crippen molar-refractivity contribution in [1.82, 2.24) is 18.8 Å². The number of sulfonamides is 1. The quantitative estimate of drug-likeness (QED) is 0.466. The zero-order chi connectivity index (χ0) is 23.7. The second-order valence-corrected chi connectivity index (χ2v) is 9.09. The topological polar surface area (TPSA) is 119 Å². The van der Waals surface area contributed by atoms with Crippen LogP contribution >= 0.6 is 0 Å². The molecule has 1 saturated heterocycles. The lowest BCUT2D eigenvalue weighted by Crippen LogP contribution is -2.50. The van der Waals surface area contributed by atoms with Crippen molar-refractivity contribution < 1.29 is 31.3 Å². The van der Waals surface area contributed by atoms with Crippen LogP contribution in [0.1, 0.15) is 17.8 Å². The number of halogens is 3. The first kappa shape index (κ1) is 23.7. The molecule has 32 heavy (non-hydrogen) atoms. The number of piperazine rings is 1. The smallest absolute Gasteiger partial charge is 0.358 e. The molecule has 0 N–H and O–H groups in total. The number of hydrogen-bond donors (Lipinski definition) is 0. The average molecular weight is 475 g/mol. The number of carbonyl (C=O) groups excluding carboxylic acids is 1. The van der Waals surface area contributed by atoms with Gasteiger partial charge in [-0.1, -0.05) is 0 Å². The van der Waals surface area contributed by atoms with Crippen LogP contribution in [0.2, 0.25) is 0 Å². The molecule has 0 saturated carbocycles. The third kappa shape index (κ3) is 5.07. The molecule has 0 bridgehead atoms. The van der Waals surface area contributed by atoms with E-state index in [0.29, 0.717) is 5.82 Å². The fourth-order valence-electron chi connectivity index (χ4n) is 3.32. The lowest BCUT2D eigenvalue weighted by molar-refractivity contribution is -0.389. The van der Waals surface area contributed by atoms with Gasteiger partial charge in [0.15, 0.2) is 0 Å². The van der Waals surface area contributed by atoms with Crippen molar-refractivity contribution in [3.05, 3.63) is 52.0 Å². The lowest BCUT2D eigenvalue weighted by atomic mass is 10.2. The Kier molecular flexibility index (Phi) is 6.55. The summed E-state index contributed by atoms with van der Waals surface area (Å²) in [5.41, 5.74) is -0.940. The maximum atomic E-state index is 12.7. The molecule has 0 unspecified atom stereocenters. The Morgan fingerprint density at radius 2 is 1.75 bits per heavy atom. The maximum absolute atomic E-state index is 12.7. The zero-order valence-corrected chi connectivity index (χ0v) is 17.8. The van der Waals surface area contributed by atoms with Crippen molar-refractivity contribution >= 4 is 21.7 Å². The molecule has 1 aromatic carbocycles. The Labute approximate surface area is 181 Å². The fraction of sp³-hybridized carbons (Fsp3) is 0.444. The highest BCUT2D eigenvalue weighted by Crippen LogP contribution is 2.30. The minimum atomic E-state index is -4.56. The van der Waals surface area contributed by atoms with Gasteiger partial charge in [-0.25, -0.2) is 8.42 Å². The van der Waals surface area contributed by atoms with Gasteiger partial charge in [0.1, 0.15) is 6.20 Å². The first-order chi connectivity index (χ1) is 14.9. The summed E-state index contributed by atoms with van der Waals surface area (Å²) in [5.74, 6) is -0.152. The van der Waals surface area contributed by atoms with Crippen LogP contribution in [0.25, 0.3) is 0 Å². The highest BCUT2D eigenvalue weighted by atomic mass is 32.2. The van der Waals surface area contributed by atoms with E-state index in [9.17, 15) is 36.5 Å². The van der Waals surface area contributed by atoms with E-state index >= 15 is 0 Å². The van der Waals surface area contributed by atoms with E-state index in [1.165, 1.54) is 15.7 Å². The molecule has 1 amide bonds. The van der Waals surface area contributed by atoms with E-state index in [-0.39, 0.29) is 55.8 Å². The molecular formula is C18H20F3N5O5S. The number of imidazole rings is 1. The number of benzene rings is 1. The summed E-state index contributed by atoms with van der Waals surface area (Å²) >= 11 is 0. The SMILES string of the molecule is Cc1nc([N+](=O)[O-])cn1CCC(=O)N1CCN(S(=O)(=O)c2ccc(C(F)(F)F)cc2)CC1. The first-order valence-electron chi connectivity index (χ1n) is 9.53. The highest BCUT2D eigenvalue weighted by molar-refractivity contribution is 7.89. The predicted molar refractivity (Wildman–Crippen MR) is 105 cm³/mol. The monoisotopic (exact) mass is 475 g/mol. The van der Waals surface area contributed by atoms with Crippen LogP contribution in [-0.4, -0.2) is 64.2 Å². The van der Waals surface area contributed by atoms with Crippen LogP contribution in [0.5, 0.6) is 0 Å². The molecule has 0 spiro atoms. The van der Waals surface area contributed by atoms with Gasteiger partial charge in [-0.05, 0) is 34.2 Å². The van der Waals surface area contributed by atoms with Gasteiger partial charge in [0.05, 0.1) is 10.5 Å². The Balaban J connectivity index is 1.57. The van der Waals surface area contributed by atoms with E-state index in [0.717, 1.165) is 28.6 Å². The summed E-state index contributed by atoms with van der Waals surface area (Å²) < 4.78 is 66.1. The maximum Gasteiger partial charge on any atom is 0.416 e. The summed E-state index contributed by atoms with van der Waals surface area (Å²) in [6.45, 7) is 2.04. The Morgan fingerprint density at radius 1 is 1.16 bits per heavy atom. The highest BCUT2D eigenvalue weighted by Gasteiger charge is 2.33. The summed E-state index contributed by atoms with van der Waals surface area (Å²) in [5, 5.41) is 10.8. The number of hydrogen-bond acceptors (Lipinski definition) is 6. The van der Waals surface area contributed by atoms with E-state index in [4.69, 9.17) is 0 Å². The molecule has 1 fully saturated rings. The molecule has 1 aliphatic heterocycles. The lowest BCUT2D eigenvalue weighted by Gasteiger charge is -2.34. The van der Waals surface area contributed by atoms with E-state index < -0.39 is 26.7 Å². The second-order valence-electron chi connectivity index (χ2n) is 7.15. The third-order valence-electron chi connectivity index (χ3n) is 5.13. The van der Waals surface area contributed by atoms with Crippen LogP contribution in [0.3, 0.4) is 0 Å². The Bertz CT molecular complexity index is 1110. The van der Waals surface area contributed by atoms with Crippen LogP contribution < -0.4 is 0 Å². The second kappa shape index (κ2) is 8.86. The average Bonchev–Trinajstić information content (AvgIpc) is 3.12. The van der Waals surface area contributed by atoms with Gasteiger partial charge in [0.2, 0.25) is 21.8 Å². The largest absolute Gasteiger partial charge is 0.416 e. The number of aromatic nitrogens is 2. The van der Waals surface area contributed by atoms with Gasteiger partial charge in [0, 0.05) is 46.1 Å². The molecule has 174 valence electrons. The van der Waals surface area contributed by atoms with E-state index in [1.807, 2.05) is 0 Å². The number of nitro groups is 1. The number of amides is 1. The minimum Gasteiger partial charge on any atom is -0.358 e. The summed E-state index contributed by atoms with van der Waals surface area (Å²) in [4.78, 5) is 27.6. The number of rotatable bonds is 6. The van der Waals surface area contributed by atoms with Crippen LogP contribution in [0.15, 0.2) is 35.4 Å². The van der Waals surface area contributed by atoms with Gasteiger partial charge >= 0.3 is 12.0 Å². The van der Waals surface area contributed by atoms with Crippen LogP contribution in [0.4, 0.5) is 19.0 Å². The Morgan fingerprint density at radius 3 is 2.25 bits per heavy atom. The predicted octanol–water partition coefficient (Wildman–Crippen LogP) is 2.04. The molecule has 1 aromatic heterocycles. The minimum absolute atomic E-state index is 0.00463. The normalized spacial score (nSPS) is 15.7. The molecule has 0 atom stereocenters. The molecule has 3 rings (SSSR count). The van der Waals surface area contributed by atoms with Gasteiger partial charge in [-0.2, -0.15) is 17.5 Å². The van der Waals surface area contributed by atoms with Gasteiger partial charge < -0.3 is 19.6 Å². The molecule has 10 nitrogen and oxygen atoms in total. The van der Waals surface area contributed by atoms with Gasteiger partial charge in [-0.3, -0.25) is 4.79 Å². The number of carbonyl (C=O) groups is 1. The molecule has 14 heteroatoms. The molecule has 1 aliphatic rings. The molecule has 2 aromatic rings. The van der Waals surface area contributed by atoms with E-state index in [1.54, 1.807) is 6.92 Å². The number of alkyl halides is 3. The van der Waals surface area contributed by atoms with Gasteiger partial charge in [0.25, 0.3) is 0 Å². The van der Waals surface area contributed by atoms with Gasteiger partial charge in [-0.15, -0.1) is 0 Å². The molecule has 0 radical (unpaired) electrons. The van der Waals surface area contributed by atoms with E-state index in [2.05, 4.69) is 4.98 Å². The summed E-state index contributed by atoms with van der Waals surface area (Å²) in [6.07, 6.45) is -3.26. The third-order valence-corrected chi connectivity index (χ3v) is 7.04. The Hall–Kier alpha value is -3.00. The fourth-order valence-corrected chi connectivity index (χ4v) is 4.75. The van der Waals surface area contributed by atoms with Crippen molar-refractivity contribution in [1.29, 1.82) is 0 Å². The molecular weight excluding hydrogens is 455 g/mol. The number of nitrogens with zero attached hydrogens (tertiary/aromatic N) is 5. The van der Waals surface area contributed by atoms with Crippen molar-refractivity contribution in [3.63, 3.8) is 0 Å². The summed E-state index contributed by atoms with van der Waals surface area (Å²) in [6, 6.07) is 3.27. The zero-order valence-electron chi connectivity index (χ0n) is 16.9. The van der Waals surface area contributed by atoms with Crippen molar-refractivity contribution in [2.75, 3.05) is 26.2 Å². The standard InChI is InChI=1S/C18H20F3N5O5S/c1-13-22-16(26(28)29)12-24(13)7-6-17(27)23-8-10-25(11-9-23)32(30,31)15-4-2-14(3-5-15)18(19,20)21/h2-5,12H,6-11H2,1H3. The molecule has 0 aliphatic carbocycles. The summed E-state index contributed by atoms with van der Waals surface area (Å²) in [7, 11) is -3.99. The first-order valence-corrected chi connectivity index (χ1v) is 11.0.